The number of amides is 1. The molecule has 0 saturated heterocycles. The third kappa shape index (κ3) is 3.11. The topological polar surface area (TPSA) is 38.1 Å². The number of hydrogen-bond donors (Lipinski definition) is 0. The zero-order valence-electron chi connectivity index (χ0n) is 13.8. The van der Waals surface area contributed by atoms with E-state index in [4.69, 9.17) is 4.98 Å². The number of carbonyl (C=O) groups excluding carboxylic acids is 1. The van der Waals surface area contributed by atoms with Gasteiger partial charge in [-0.05, 0) is 30.2 Å². The molecule has 1 heterocycles. The van der Waals surface area contributed by atoms with E-state index in [0.29, 0.717) is 6.54 Å². The fraction of sp³-hybridized carbons (Fsp3) is 0.263. The van der Waals surface area contributed by atoms with Crippen LogP contribution in [0.25, 0.3) is 11.0 Å². The largest absolute Gasteiger partial charge is 0.339 e. The Balaban J connectivity index is 2.06. The molecule has 2 aromatic carbocycles. The summed E-state index contributed by atoms with van der Waals surface area (Å²) >= 11 is 0. The Morgan fingerprint density at radius 1 is 1.13 bits per heavy atom. The molecule has 0 bridgehead atoms. The van der Waals surface area contributed by atoms with Crippen molar-refractivity contribution in [1.82, 2.24) is 14.5 Å². The van der Waals surface area contributed by atoms with E-state index >= 15 is 0 Å². The first kappa shape index (κ1) is 15.3. The first-order valence-electron chi connectivity index (χ1n) is 7.76. The number of aryl methyl sites for hydroxylation is 1. The minimum absolute atomic E-state index is 0.0412. The molecule has 0 spiro atoms. The van der Waals surface area contributed by atoms with E-state index < -0.39 is 0 Å². The van der Waals surface area contributed by atoms with Gasteiger partial charge in [0.2, 0.25) is 5.91 Å². The van der Waals surface area contributed by atoms with Gasteiger partial charge in [0.05, 0.1) is 17.6 Å². The van der Waals surface area contributed by atoms with E-state index in [-0.39, 0.29) is 5.91 Å². The van der Waals surface area contributed by atoms with E-state index in [1.54, 1.807) is 18.9 Å². The molecule has 4 heteroatoms. The fourth-order valence-electron chi connectivity index (χ4n) is 2.70. The molecule has 3 rings (SSSR count). The second kappa shape index (κ2) is 6.24. The number of fused-ring (bicyclic) bond motifs is 1. The highest BCUT2D eigenvalue weighted by Crippen LogP contribution is 2.20. The van der Waals surface area contributed by atoms with Crippen molar-refractivity contribution in [3.63, 3.8) is 0 Å². The van der Waals surface area contributed by atoms with Gasteiger partial charge >= 0.3 is 0 Å². The van der Waals surface area contributed by atoms with Gasteiger partial charge in [-0.1, -0.05) is 36.4 Å². The van der Waals surface area contributed by atoms with Crippen molar-refractivity contribution >= 4 is 16.9 Å². The number of hydrogen-bond acceptors (Lipinski definition) is 2. The Hall–Kier alpha value is -2.62. The Labute approximate surface area is 136 Å². The number of para-hydroxylation sites is 2. The van der Waals surface area contributed by atoms with Gasteiger partial charge in [-0.2, -0.15) is 0 Å². The molecule has 0 N–H and O–H groups in total. The lowest BCUT2D eigenvalue weighted by Crippen LogP contribution is -2.25. The third-order valence-corrected chi connectivity index (χ3v) is 4.24. The minimum Gasteiger partial charge on any atom is -0.339 e. The number of benzene rings is 2. The first-order valence-corrected chi connectivity index (χ1v) is 7.76. The van der Waals surface area contributed by atoms with Crippen LogP contribution in [0.4, 0.5) is 0 Å². The van der Waals surface area contributed by atoms with Gasteiger partial charge in [0.1, 0.15) is 5.82 Å². The fourth-order valence-corrected chi connectivity index (χ4v) is 2.70. The molecule has 0 saturated carbocycles. The van der Waals surface area contributed by atoms with Gasteiger partial charge in [-0.15, -0.1) is 0 Å². The molecule has 0 unspecified atom stereocenters. The van der Waals surface area contributed by atoms with Gasteiger partial charge in [-0.3, -0.25) is 4.79 Å². The van der Waals surface area contributed by atoms with Crippen molar-refractivity contribution < 1.29 is 4.79 Å². The first-order chi connectivity index (χ1) is 11.1. The summed E-state index contributed by atoms with van der Waals surface area (Å²) < 4.78 is 2.21. The summed E-state index contributed by atoms with van der Waals surface area (Å²) in [6, 6.07) is 16.5. The molecule has 0 aliphatic heterocycles. The van der Waals surface area contributed by atoms with E-state index in [1.165, 1.54) is 11.1 Å². The Morgan fingerprint density at radius 2 is 1.83 bits per heavy atom. The predicted molar refractivity (Wildman–Crippen MR) is 92.2 cm³/mol. The highest BCUT2D eigenvalue weighted by Gasteiger charge is 2.14. The normalized spacial score (nSPS) is 10.9. The highest BCUT2D eigenvalue weighted by molar-refractivity contribution is 5.76. The number of nitrogens with zero attached hydrogens (tertiary/aromatic N) is 3. The smallest absolute Gasteiger partial charge is 0.219 e. The van der Waals surface area contributed by atoms with Crippen LogP contribution >= 0.6 is 0 Å². The molecule has 0 radical (unpaired) electrons. The van der Waals surface area contributed by atoms with Crippen LogP contribution in [0.5, 0.6) is 0 Å². The maximum Gasteiger partial charge on any atom is 0.219 e. The third-order valence-electron chi connectivity index (χ3n) is 4.24. The average Bonchev–Trinajstić information content (AvgIpc) is 2.87. The number of imidazole rings is 1. The number of aromatic nitrogens is 2. The lowest BCUT2D eigenvalue weighted by molar-refractivity contribution is -0.128. The van der Waals surface area contributed by atoms with E-state index in [2.05, 4.69) is 41.8 Å². The van der Waals surface area contributed by atoms with Crippen LogP contribution in [0.1, 0.15) is 23.9 Å². The molecule has 1 amide bonds. The second-order valence-electron chi connectivity index (χ2n) is 5.90. The monoisotopic (exact) mass is 307 g/mol. The Bertz CT molecular complexity index is 851. The molecule has 0 fully saturated rings. The van der Waals surface area contributed by atoms with Crippen molar-refractivity contribution in [2.24, 2.45) is 0 Å². The van der Waals surface area contributed by atoms with Crippen molar-refractivity contribution in [3.05, 3.63) is 65.5 Å². The van der Waals surface area contributed by atoms with Gasteiger partial charge in [0, 0.05) is 20.5 Å². The zero-order chi connectivity index (χ0) is 16.4. The van der Waals surface area contributed by atoms with Crippen LogP contribution in [0.15, 0.2) is 48.5 Å². The SMILES string of the molecule is CC(=O)N(C)Cc1nc2ccccc2n1Cc1ccccc1C. The Kier molecular flexibility index (Phi) is 4.15. The lowest BCUT2D eigenvalue weighted by atomic mass is 10.1. The van der Waals surface area contributed by atoms with Crippen molar-refractivity contribution in [1.29, 1.82) is 0 Å². The van der Waals surface area contributed by atoms with Crippen LogP contribution in [0, 0.1) is 6.92 Å². The molecular formula is C19H21N3O. The standard InChI is InChI=1S/C19H21N3O/c1-14-8-4-5-9-16(14)12-22-18-11-7-6-10-17(18)20-19(22)13-21(3)15(2)23/h4-11H,12-13H2,1-3H3. The molecule has 0 aliphatic rings. The lowest BCUT2D eigenvalue weighted by Gasteiger charge is -2.16. The maximum atomic E-state index is 11.6. The predicted octanol–water partition coefficient (Wildman–Crippen LogP) is 3.37. The molecule has 0 aliphatic carbocycles. The van der Waals surface area contributed by atoms with E-state index in [9.17, 15) is 4.79 Å². The maximum absolute atomic E-state index is 11.6. The molecule has 1 aromatic heterocycles. The van der Waals surface area contributed by atoms with Crippen molar-refractivity contribution in [2.45, 2.75) is 26.9 Å². The molecule has 23 heavy (non-hydrogen) atoms. The van der Waals surface area contributed by atoms with Crippen molar-refractivity contribution in [2.75, 3.05) is 7.05 Å². The summed E-state index contributed by atoms with van der Waals surface area (Å²) in [4.78, 5) is 18.0. The molecule has 0 atom stereocenters. The highest BCUT2D eigenvalue weighted by atomic mass is 16.2. The minimum atomic E-state index is 0.0412. The van der Waals surface area contributed by atoms with Gasteiger partial charge in [0.15, 0.2) is 0 Å². The number of rotatable bonds is 4. The zero-order valence-corrected chi connectivity index (χ0v) is 13.8. The molecule has 3 aromatic rings. The van der Waals surface area contributed by atoms with Crippen LogP contribution in [0.3, 0.4) is 0 Å². The number of carbonyl (C=O) groups is 1. The van der Waals surface area contributed by atoms with E-state index in [1.807, 2.05) is 18.2 Å². The summed E-state index contributed by atoms with van der Waals surface area (Å²) in [5.41, 5.74) is 4.59. The van der Waals surface area contributed by atoms with Crippen LogP contribution < -0.4 is 0 Å². The Morgan fingerprint density at radius 3 is 2.57 bits per heavy atom. The van der Waals surface area contributed by atoms with Crippen LogP contribution in [0.2, 0.25) is 0 Å². The van der Waals surface area contributed by atoms with Gasteiger partial charge < -0.3 is 9.47 Å². The van der Waals surface area contributed by atoms with Crippen molar-refractivity contribution in [3.8, 4) is 0 Å². The summed E-state index contributed by atoms with van der Waals surface area (Å²) in [6.45, 7) is 4.97. The second-order valence-corrected chi connectivity index (χ2v) is 5.90. The molecule has 4 nitrogen and oxygen atoms in total. The van der Waals surface area contributed by atoms with Gasteiger partial charge in [0.25, 0.3) is 0 Å². The summed E-state index contributed by atoms with van der Waals surface area (Å²) in [5.74, 6) is 0.951. The van der Waals surface area contributed by atoms with E-state index in [0.717, 1.165) is 23.4 Å². The molecular weight excluding hydrogens is 286 g/mol. The van der Waals surface area contributed by atoms with Crippen LogP contribution in [-0.4, -0.2) is 27.4 Å². The average molecular weight is 307 g/mol. The summed E-state index contributed by atoms with van der Waals surface area (Å²) in [6.07, 6.45) is 0. The van der Waals surface area contributed by atoms with Crippen LogP contribution in [-0.2, 0) is 17.9 Å². The quantitative estimate of drug-likeness (QED) is 0.741. The molecule has 118 valence electrons. The summed E-state index contributed by atoms with van der Waals surface area (Å²) in [7, 11) is 1.81. The summed E-state index contributed by atoms with van der Waals surface area (Å²) in [5, 5.41) is 0. The van der Waals surface area contributed by atoms with Gasteiger partial charge in [-0.25, -0.2) is 4.98 Å².